The minimum atomic E-state index is -0.551. The van der Waals surface area contributed by atoms with Gasteiger partial charge in [-0.05, 0) is 149 Å². The van der Waals surface area contributed by atoms with Gasteiger partial charge in [-0.15, -0.1) is 0 Å². The molecule has 0 spiro atoms. The van der Waals surface area contributed by atoms with Gasteiger partial charge in [0.05, 0.1) is 16.5 Å². The molecular formula is C82H56N2. The second-order valence-corrected chi connectivity index (χ2v) is 22.2. The summed E-state index contributed by atoms with van der Waals surface area (Å²) < 4.78 is 0. The maximum atomic E-state index is 2.51. The highest BCUT2D eigenvalue weighted by Crippen LogP contribution is 2.60. The van der Waals surface area contributed by atoms with Crippen molar-refractivity contribution in [2.75, 3.05) is 9.80 Å². The van der Waals surface area contributed by atoms with Gasteiger partial charge in [0.15, 0.2) is 0 Å². The minimum Gasteiger partial charge on any atom is -0.310 e. The van der Waals surface area contributed by atoms with E-state index in [9.17, 15) is 0 Å². The molecule has 0 radical (unpaired) electrons. The molecule has 0 aliphatic heterocycles. The summed E-state index contributed by atoms with van der Waals surface area (Å²) in [6.45, 7) is 0. The predicted octanol–water partition coefficient (Wildman–Crippen LogP) is 21.3. The Labute approximate surface area is 491 Å². The standard InChI is InChI=1S/C82H56N2/c1-7-27-58(28-8-1)81(59-29-9-2-10-30-59)75-45-25-23-39-67(75)69-53-51-65(55-77(69)81)83(62-35-15-5-16-36-62)64-49-47-57(48-50-64)79-71-41-19-21-43-73(71)80(74-44-22-20-42-72(74)79)84(63-37-17-6-18-38-63)66-52-54-70-68-40-24-26-46-76(68)82(78(70)56-66,60-31-11-3-12-32-60)61-33-13-4-14-34-61/h1-56H. The van der Waals surface area contributed by atoms with Crippen LogP contribution in [0.3, 0.4) is 0 Å². The molecule has 0 saturated carbocycles. The lowest BCUT2D eigenvalue weighted by molar-refractivity contribution is 0.768. The lowest BCUT2D eigenvalue weighted by Gasteiger charge is -2.35. The van der Waals surface area contributed by atoms with Gasteiger partial charge in [0.25, 0.3) is 0 Å². The van der Waals surface area contributed by atoms with Gasteiger partial charge in [-0.25, -0.2) is 0 Å². The van der Waals surface area contributed by atoms with E-state index in [1.807, 2.05) is 0 Å². The first-order valence-electron chi connectivity index (χ1n) is 29.2. The first-order valence-corrected chi connectivity index (χ1v) is 29.2. The molecule has 2 aliphatic carbocycles. The Morgan fingerprint density at radius 3 is 0.917 bits per heavy atom. The van der Waals surface area contributed by atoms with E-state index in [0.717, 1.165) is 39.7 Å². The van der Waals surface area contributed by atoms with Gasteiger partial charge >= 0.3 is 0 Å². The van der Waals surface area contributed by atoms with Crippen LogP contribution in [0.15, 0.2) is 340 Å². The highest BCUT2D eigenvalue weighted by Gasteiger charge is 2.48. The molecule has 14 aromatic rings. The highest BCUT2D eigenvalue weighted by molar-refractivity contribution is 6.22. The van der Waals surface area contributed by atoms with Crippen molar-refractivity contribution in [3.05, 3.63) is 384 Å². The average Bonchev–Trinajstić information content (AvgIpc) is 1.67. The van der Waals surface area contributed by atoms with Gasteiger partial charge in [0.1, 0.15) is 0 Å². The maximum Gasteiger partial charge on any atom is 0.0714 e. The van der Waals surface area contributed by atoms with Crippen LogP contribution >= 0.6 is 0 Å². The molecule has 14 aromatic carbocycles. The molecule has 0 saturated heterocycles. The van der Waals surface area contributed by atoms with Gasteiger partial charge in [0, 0.05) is 39.2 Å². The van der Waals surface area contributed by atoms with Crippen LogP contribution in [0.2, 0.25) is 0 Å². The van der Waals surface area contributed by atoms with Gasteiger partial charge in [-0.3, -0.25) is 0 Å². The summed E-state index contributed by atoms with van der Waals surface area (Å²) in [7, 11) is 0. The third-order valence-corrected chi connectivity index (χ3v) is 18.0. The first-order chi connectivity index (χ1) is 41.7. The Balaban J connectivity index is 0.868. The molecule has 0 bridgehead atoms. The topological polar surface area (TPSA) is 6.48 Å². The number of hydrogen-bond acceptors (Lipinski definition) is 2. The van der Waals surface area contributed by atoms with E-state index in [0.29, 0.717) is 0 Å². The molecular weight excluding hydrogens is 1010 g/mol. The van der Waals surface area contributed by atoms with Crippen molar-refractivity contribution in [1.82, 2.24) is 0 Å². The van der Waals surface area contributed by atoms with Crippen molar-refractivity contribution in [1.29, 1.82) is 0 Å². The molecule has 2 heteroatoms. The van der Waals surface area contributed by atoms with E-state index in [2.05, 4.69) is 350 Å². The summed E-state index contributed by atoms with van der Waals surface area (Å²) in [6.07, 6.45) is 0. The molecule has 0 amide bonds. The SMILES string of the molecule is c1ccc(N(c2ccc(-c3c4ccccc4c(N(c4ccccc4)c4ccc5c(c4)C(c4ccccc4)(c4ccccc4)c4ccccc4-5)c4ccccc34)cc2)c2ccc3c(c2)C(c2ccccc2)(c2ccccc2)c2ccccc2-3)cc1. The van der Waals surface area contributed by atoms with E-state index in [1.165, 1.54) is 93.9 Å². The number of nitrogens with zero attached hydrogens (tertiary/aromatic N) is 2. The van der Waals surface area contributed by atoms with Crippen LogP contribution in [-0.4, -0.2) is 0 Å². The highest BCUT2D eigenvalue weighted by atomic mass is 15.2. The quantitative estimate of drug-likeness (QED) is 0.119. The Kier molecular flexibility index (Phi) is 11.7. The number of rotatable bonds is 11. The van der Waals surface area contributed by atoms with Crippen LogP contribution in [0.25, 0.3) is 54.9 Å². The Morgan fingerprint density at radius 1 is 0.202 bits per heavy atom. The molecule has 0 N–H and O–H groups in total. The van der Waals surface area contributed by atoms with Crippen molar-refractivity contribution in [2.24, 2.45) is 0 Å². The third kappa shape index (κ3) is 7.44. The molecule has 2 aliphatic rings. The van der Waals surface area contributed by atoms with Crippen molar-refractivity contribution < 1.29 is 0 Å². The smallest absolute Gasteiger partial charge is 0.0714 e. The average molecular weight is 1070 g/mol. The normalized spacial score (nSPS) is 13.2. The molecule has 16 rings (SSSR count). The van der Waals surface area contributed by atoms with Gasteiger partial charge < -0.3 is 9.80 Å². The molecule has 0 aromatic heterocycles. The van der Waals surface area contributed by atoms with Crippen LogP contribution < -0.4 is 9.80 Å². The fourth-order valence-electron chi connectivity index (χ4n) is 14.6. The van der Waals surface area contributed by atoms with E-state index in [1.54, 1.807) is 0 Å². The van der Waals surface area contributed by atoms with Crippen LogP contribution in [0.1, 0.15) is 44.5 Å². The minimum absolute atomic E-state index is 0.525. The lowest BCUT2D eigenvalue weighted by Crippen LogP contribution is -2.28. The zero-order chi connectivity index (χ0) is 55.6. The number of benzene rings is 14. The van der Waals surface area contributed by atoms with Crippen LogP contribution in [0.5, 0.6) is 0 Å². The summed E-state index contributed by atoms with van der Waals surface area (Å²) in [4.78, 5) is 4.93. The molecule has 84 heavy (non-hydrogen) atoms. The fourth-order valence-corrected chi connectivity index (χ4v) is 14.6. The molecule has 0 unspecified atom stereocenters. The fraction of sp³-hybridized carbons (Fsp3) is 0.0244. The van der Waals surface area contributed by atoms with E-state index >= 15 is 0 Å². The summed E-state index contributed by atoms with van der Waals surface area (Å²) in [5.41, 5.74) is 23.0. The lowest BCUT2D eigenvalue weighted by atomic mass is 9.67. The second kappa shape index (κ2) is 20.0. The van der Waals surface area contributed by atoms with Crippen molar-refractivity contribution in [2.45, 2.75) is 10.8 Å². The van der Waals surface area contributed by atoms with Crippen molar-refractivity contribution in [3.8, 4) is 33.4 Å². The molecule has 2 nitrogen and oxygen atoms in total. The summed E-state index contributed by atoms with van der Waals surface area (Å²) in [5.74, 6) is 0. The van der Waals surface area contributed by atoms with E-state index in [-0.39, 0.29) is 0 Å². The Bertz CT molecular complexity index is 4620. The van der Waals surface area contributed by atoms with Crippen molar-refractivity contribution in [3.63, 3.8) is 0 Å². The maximum absolute atomic E-state index is 2.51. The monoisotopic (exact) mass is 1070 g/mol. The number of hydrogen-bond donors (Lipinski definition) is 0. The largest absolute Gasteiger partial charge is 0.310 e. The third-order valence-electron chi connectivity index (χ3n) is 18.0. The molecule has 0 heterocycles. The second-order valence-electron chi connectivity index (χ2n) is 22.2. The van der Waals surface area contributed by atoms with Crippen LogP contribution in [-0.2, 0) is 10.8 Å². The van der Waals surface area contributed by atoms with E-state index < -0.39 is 10.8 Å². The summed E-state index contributed by atoms with van der Waals surface area (Å²) >= 11 is 0. The molecule has 0 atom stereocenters. The van der Waals surface area contributed by atoms with Gasteiger partial charge in [-0.1, -0.05) is 279 Å². The summed E-state index contributed by atoms with van der Waals surface area (Å²) in [6, 6.07) is 126. The Morgan fingerprint density at radius 2 is 0.500 bits per heavy atom. The van der Waals surface area contributed by atoms with Gasteiger partial charge in [0.2, 0.25) is 0 Å². The Hall–Kier alpha value is -10.8. The number of anilines is 6. The zero-order valence-electron chi connectivity index (χ0n) is 46.2. The number of para-hydroxylation sites is 2. The summed E-state index contributed by atoms with van der Waals surface area (Å²) in [5, 5.41) is 4.72. The first kappa shape index (κ1) is 49.1. The van der Waals surface area contributed by atoms with Crippen LogP contribution in [0, 0.1) is 0 Å². The van der Waals surface area contributed by atoms with Gasteiger partial charge in [-0.2, -0.15) is 0 Å². The van der Waals surface area contributed by atoms with Crippen LogP contribution in [0.4, 0.5) is 34.1 Å². The van der Waals surface area contributed by atoms with Crippen molar-refractivity contribution >= 4 is 55.7 Å². The zero-order valence-corrected chi connectivity index (χ0v) is 46.2. The molecule has 394 valence electrons. The number of fused-ring (bicyclic) bond motifs is 8. The van der Waals surface area contributed by atoms with E-state index in [4.69, 9.17) is 0 Å². The molecule has 0 fully saturated rings. The predicted molar refractivity (Wildman–Crippen MR) is 351 cm³/mol.